The Hall–Kier alpha value is -4.60. The number of methoxy groups -OCH3 is 1. The number of hydrogen-bond donors (Lipinski definition) is 0. The van der Waals surface area contributed by atoms with Gasteiger partial charge in [0, 0.05) is 29.3 Å². The molecule has 0 unspecified atom stereocenters. The molecule has 1 aromatic heterocycles. The van der Waals surface area contributed by atoms with Crippen LogP contribution in [0.5, 0.6) is 0 Å². The van der Waals surface area contributed by atoms with E-state index in [0.29, 0.717) is 34.4 Å². The maximum Gasteiger partial charge on any atom is 0.355 e. The molecule has 246 valence electrons. The van der Waals surface area contributed by atoms with Crippen molar-refractivity contribution in [1.82, 2.24) is 4.57 Å². The van der Waals surface area contributed by atoms with Crippen LogP contribution in [0.1, 0.15) is 68.3 Å². The number of esters is 2. The van der Waals surface area contributed by atoms with Crippen LogP contribution in [0.25, 0.3) is 28.3 Å². The summed E-state index contributed by atoms with van der Waals surface area (Å²) in [5.74, 6) is -2.75. The van der Waals surface area contributed by atoms with Crippen molar-refractivity contribution in [1.29, 1.82) is 0 Å². The van der Waals surface area contributed by atoms with E-state index in [4.69, 9.17) is 18.9 Å². The smallest absolute Gasteiger partial charge is 0.355 e. The van der Waals surface area contributed by atoms with Gasteiger partial charge in [0.1, 0.15) is 23.9 Å². The molecule has 1 aliphatic rings. The Labute approximate surface area is 273 Å². The summed E-state index contributed by atoms with van der Waals surface area (Å²) < 4.78 is 53.2. The van der Waals surface area contributed by atoms with Gasteiger partial charge >= 0.3 is 11.9 Å². The molecule has 5 rings (SSSR count). The number of benzene rings is 3. The molecule has 1 aliphatic heterocycles. The third-order valence-corrected chi connectivity index (χ3v) is 7.90. The number of aromatic nitrogens is 1. The molecule has 1 fully saturated rings. The molecular formula is C38H39F2NO6. The highest BCUT2D eigenvalue weighted by molar-refractivity contribution is 6.04. The molecule has 2 atom stereocenters. The third kappa shape index (κ3) is 8.04. The molecule has 7 nitrogen and oxygen atoms in total. The third-order valence-electron chi connectivity index (χ3n) is 7.90. The predicted molar refractivity (Wildman–Crippen MR) is 175 cm³/mol. The summed E-state index contributed by atoms with van der Waals surface area (Å²) in [6.45, 7) is 7.52. The minimum Gasteiger partial charge on any atom is -0.469 e. The Morgan fingerprint density at radius 1 is 0.915 bits per heavy atom. The first-order chi connectivity index (χ1) is 22.5. The summed E-state index contributed by atoms with van der Waals surface area (Å²) in [7, 11) is 1.34. The van der Waals surface area contributed by atoms with Crippen LogP contribution in [0.3, 0.4) is 0 Å². The van der Waals surface area contributed by atoms with Crippen LogP contribution in [0.2, 0.25) is 0 Å². The van der Waals surface area contributed by atoms with Crippen LogP contribution >= 0.6 is 0 Å². The van der Waals surface area contributed by atoms with Crippen LogP contribution in [0.15, 0.2) is 84.9 Å². The number of carbonyl (C=O) groups excluding carboxylic acids is 2. The van der Waals surface area contributed by atoms with Gasteiger partial charge in [-0.05, 0) is 74.7 Å². The van der Waals surface area contributed by atoms with Crippen molar-refractivity contribution >= 4 is 18.0 Å². The fraction of sp³-hybridized carbons (Fsp3) is 0.316. The zero-order valence-corrected chi connectivity index (χ0v) is 27.2. The van der Waals surface area contributed by atoms with Gasteiger partial charge in [0.15, 0.2) is 5.79 Å². The van der Waals surface area contributed by atoms with E-state index in [2.05, 4.69) is 0 Å². The number of halogens is 2. The summed E-state index contributed by atoms with van der Waals surface area (Å²) in [5, 5.41) is 0. The fourth-order valence-corrected chi connectivity index (χ4v) is 5.97. The Morgan fingerprint density at radius 2 is 1.51 bits per heavy atom. The van der Waals surface area contributed by atoms with Crippen molar-refractivity contribution in [2.24, 2.45) is 0 Å². The number of nitrogens with zero attached hydrogens (tertiary/aromatic N) is 1. The first-order valence-electron chi connectivity index (χ1n) is 15.6. The second kappa shape index (κ2) is 14.4. The van der Waals surface area contributed by atoms with Crippen LogP contribution < -0.4 is 0 Å². The van der Waals surface area contributed by atoms with Crippen LogP contribution in [-0.2, 0) is 30.3 Å². The van der Waals surface area contributed by atoms with Crippen LogP contribution in [-0.4, -0.2) is 41.6 Å². The average molecular weight is 644 g/mol. The number of rotatable bonds is 10. The molecule has 3 aromatic carbocycles. The van der Waals surface area contributed by atoms with Crippen molar-refractivity contribution < 1.29 is 37.3 Å². The lowest BCUT2D eigenvalue weighted by Crippen LogP contribution is -2.44. The zero-order chi connectivity index (χ0) is 33.7. The molecule has 0 bridgehead atoms. The lowest BCUT2D eigenvalue weighted by molar-refractivity contribution is -0.290. The maximum atomic E-state index is 14.2. The maximum absolute atomic E-state index is 14.2. The lowest BCUT2D eigenvalue weighted by Gasteiger charge is -2.39. The molecule has 0 amide bonds. The highest BCUT2D eigenvalue weighted by Gasteiger charge is 2.36. The van der Waals surface area contributed by atoms with Crippen molar-refractivity contribution in [2.45, 2.75) is 71.2 Å². The van der Waals surface area contributed by atoms with Gasteiger partial charge in [-0.25, -0.2) is 13.6 Å². The van der Waals surface area contributed by atoms with Gasteiger partial charge in [-0.3, -0.25) is 4.79 Å². The van der Waals surface area contributed by atoms with Crippen molar-refractivity contribution in [3.63, 3.8) is 0 Å². The molecule has 0 spiro atoms. The second-order valence-corrected chi connectivity index (χ2v) is 12.2. The summed E-state index contributed by atoms with van der Waals surface area (Å²) in [6.07, 6.45) is 3.33. The molecule has 9 heteroatoms. The number of ether oxygens (including phenoxy) is 4. The predicted octanol–water partition coefficient (Wildman–Crippen LogP) is 8.52. The number of carbonyl (C=O) groups is 2. The summed E-state index contributed by atoms with van der Waals surface area (Å²) >= 11 is 0. The van der Waals surface area contributed by atoms with Gasteiger partial charge in [0.05, 0.1) is 25.7 Å². The highest BCUT2D eigenvalue weighted by Crippen LogP contribution is 2.43. The molecule has 2 heterocycles. The average Bonchev–Trinajstić information content (AvgIpc) is 3.38. The van der Waals surface area contributed by atoms with Crippen molar-refractivity contribution in [3.05, 3.63) is 114 Å². The van der Waals surface area contributed by atoms with E-state index in [9.17, 15) is 18.4 Å². The molecule has 47 heavy (non-hydrogen) atoms. The van der Waals surface area contributed by atoms with E-state index in [1.54, 1.807) is 38.1 Å². The molecule has 0 aliphatic carbocycles. The summed E-state index contributed by atoms with van der Waals surface area (Å²) in [5.41, 5.74) is 4.16. The molecule has 0 radical (unpaired) electrons. The summed E-state index contributed by atoms with van der Waals surface area (Å²) in [6, 6.07) is 21.1. The van der Waals surface area contributed by atoms with Gasteiger partial charge in [0.2, 0.25) is 0 Å². The minimum atomic E-state index is -0.975. The minimum absolute atomic E-state index is 0.0510. The first kappa shape index (κ1) is 33.8. The van der Waals surface area contributed by atoms with Gasteiger partial charge < -0.3 is 23.5 Å². The Balaban J connectivity index is 1.69. The van der Waals surface area contributed by atoms with Crippen molar-refractivity contribution in [3.8, 4) is 22.3 Å². The fourth-order valence-electron chi connectivity index (χ4n) is 5.97. The van der Waals surface area contributed by atoms with Crippen molar-refractivity contribution in [2.75, 3.05) is 7.11 Å². The van der Waals surface area contributed by atoms with E-state index < -0.39 is 35.6 Å². The normalized spacial score (nSPS) is 17.6. The molecular weight excluding hydrogens is 604 g/mol. The van der Waals surface area contributed by atoms with E-state index >= 15 is 0 Å². The quantitative estimate of drug-likeness (QED) is 0.161. The topological polar surface area (TPSA) is 76.0 Å². The van der Waals surface area contributed by atoms with Gasteiger partial charge in [-0.15, -0.1) is 0 Å². The Kier molecular flexibility index (Phi) is 10.4. The summed E-state index contributed by atoms with van der Waals surface area (Å²) in [4.78, 5) is 26.2. The number of hydrogen-bond acceptors (Lipinski definition) is 6. The second-order valence-electron chi connectivity index (χ2n) is 12.2. The van der Waals surface area contributed by atoms with E-state index in [1.165, 1.54) is 31.4 Å². The van der Waals surface area contributed by atoms with E-state index in [-0.39, 0.29) is 30.7 Å². The lowest BCUT2D eigenvalue weighted by atomic mass is 9.94. The first-order valence-corrected chi connectivity index (χ1v) is 15.6. The monoisotopic (exact) mass is 643 g/mol. The zero-order valence-electron chi connectivity index (χ0n) is 27.2. The van der Waals surface area contributed by atoms with Gasteiger partial charge in [0.25, 0.3) is 0 Å². The van der Waals surface area contributed by atoms with Crippen LogP contribution in [0.4, 0.5) is 8.78 Å². The van der Waals surface area contributed by atoms with E-state index in [0.717, 1.165) is 5.56 Å². The van der Waals surface area contributed by atoms with Gasteiger partial charge in [-0.2, -0.15) is 0 Å². The standard InChI is InChI=1S/C38H39F2NO6/c1-24(2)41-32(20-19-30-21-31(22-33(42)44-5)47-38(3,4)46-30)34(26-11-15-28(39)16-12-26)35(27-13-17-29(40)18-14-27)36(41)37(43)45-23-25-9-7-6-8-10-25/h6-20,24,30-31H,21-23H2,1-5H3/b20-19+/t30-,31+/m0/s1. The van der Waals surface area contributed by atoms with Gasteiger partial charge in [-0.1, -0.05) is 60.7 Å². The SMILES string of the molecule is COC(=O)C[C@H]1C[C@H](/C=C/c2c(-c3ccc(F)cc3)c(-c3ccc(F)cc3)c(C(=O)OCc3ccccc3)n2C(C)C)OC(C)(C)O1. The molecule has 1 saturated heterocycles. The van der Waals surface area contributed by atoms with E-state index in [1.807, 2.05) is 60.9 Å². The highest BCUT2D eigenvalue weighted by atomic mass is 19.1. The Morgan fingerprint density at radius 3 is 2.09 bits per heavy atom. The molecule has 0 N–H and O–H groups in total. The Bertz CT molecular complexity index is 1730. The largest absolute Gasteiger partial charge is 0.469 e. The van der Waals surface area contributed by atoms with Crippen LogP contribution in [0, 0.1) is 11.6 Å². The molecule has 0 saturated carbocycles. The molecule has 4 aromatic rings.